The maximum atomic E-state index is 6.15. The van der Waals surface area contributed by atoms with Crippen molar-refractivity contribution < 1.29 is 0 Å². The third-order valence-corrected chi connectivity index (χ3v) is 3.80. The minimum Gasteiger partial charge on any atom is -0.323 e. The van der Waals surface area contributed by atoms with Gasteiger partial charge >= 0.3 is 0 Å². The van der Waals surface area contributed by atoms with Crippen LogP contribution in [0.2, 0.25) is 0 Å². The third-order valence-electron chi connectivity index (χ3n) is 2.74. The Bertz CT molecular complexity index is 341. The van der Waals surface area contributed by atoms with Crippen LogP contribution in [0.15, 0.2) is 17.2 Å². The average molecular weight is 208 g/mol. The molecule has 14 heavy (non-hydrogen) atoms. The molecule has 2 N–H and O–H groups in total. The molecule has 3 heteroatoms. The van der Waals surface area contributed by atoms with Crippen molar-refractivity contribution in [1.29, 1.82) is 0 Å². The number of rotatable bonds is 3. The molecule has 0 aromatic carbocycles. The zero-order valence-electron chi connectivity index (χ0n) is 8.49. The van der Waals surface area contributed by atoms with Crippen molar-refractivity contribution in [3.05, 3.63) is 27.7 Å². The highest BCUT2D eigenvalue weighted by atomic mass is 32.1. The van der Waals surface area contributed by atoms with Gasteiger partial charge in [-0.3, -0.25) is 0 Å². The molecule has 0 saturated heterocycles. The lowest BCUT2D eigenvalue weighted by molar-refractivity contribution is 0.703. The Kier molecular flexibility index (Phi) is 2.99. The maximum absolute atomic E-state index is 6.15. The van der Waals surface area contributed by atoms with Crippen molar-refractivity contribution in [3.63, 3.8) is 0 Å². The fourth-order valence-electron chi connectivity index (χ4n) is 1.96. The SMILES string of the molecule is Cc1ncsc1C(N)CC1=CCCC1. The van der Waals surface area contributed by atoms with Crippen LogP contribution < -0.4 is 5.73 Å². The van der Waals surface area contributed by atoms with Gasteiger partial charge in [0.25, 0.3) is 0 Å². The Hall–Kier alpha value is -0.670. The summed E-state index contributed by atoms with van der Waals surface area (Å²) >= 11 is 1.68. The highest BCUT2D eigenvalue weighted by Crippen LogP contribution is 2.29. The van der Waals surface area contributed by atoms with E-state index in [-0.39, 0.29) is 6.04 Å². The largest absolute Gasteiger partial charge is 0.323 e. The molecule has 1 unspecified atom stereocenters. The van der Waals surface area contributed by atoms with Crippen molar-refractivity contribution in [2.45, 2.75) is 38.6 Å². The highest BCUT2D eigenvalue weighted by molar-refractivity contribution is 7.09. The summed E-state index contributed by atoms with van der Waals surface area (Å²) in [5.74, 6) is 0. The van der Waals surface area contributed by atoms with E-state index >= 15 is 0 Å². The maximum Gasteiger partial charge on any atom is 0.0798 e. The number of hydrogen-bond donors (Lipinski definition) is 1. The number of allylic oxidation sites excluding steroid dienone is 1. The molecule has 1 aromatic rings. The normalized spacial score (nSPS) is 18.3. The lowest BCUT2D eigenvalue weighted by atomic mass is 10.0. The summed E-state index contributed by atoms with van der Waals surface area (Å²) in [6.45, 7) is 2.04. The van der Waals surface area contributed by atoms with Crippen LogP contribution in [0, 0.1) is 6.92 Å². The van der Waals surface area contributed by atoms with Crippen LogP contribution in [-0.2, 0) is 0 Å². The molecule has 1 aliphatic carbocycles. The van der Waals surface area contributed by atoms with Gasteiger partial charge in [-0.15, -0.1) is 11.3 Å². The first-order valence-corrected chi connectivity index (χ1v) is 5.99. The zero-order valence-corrected chi connectivity index (χ0v) is 9.31. The molecule has 2 nitrogen and oxygen atoms in total. The number of nitrogens with two attached hydrogens (primary N) is 1. The fraction of sp³-hybridized carbons (Fsp3) is 0.545. The first-order chi connectivity index (χ1) is 6.77. The topological polar surface area (TPSA) is 38.9 Å². The predicted octanol–water partition coefficient (Wildman–Crippen LogP) is 2.95. The van der Waals surface area contributed by atoms with Crippen LogP contribution in [-0.4, -0.2) is 4.98 Å². The summed E-state index contributed by atoms with van der Waals surface area (Å²) in [5, 5.41) is 0. The fourth-order valence-corrected chi connectivity index (χ4v) is 2.77. The lowest BCUT2D eigenvalue weighted by Gasteiger charge is -2.10. The second-order valence-electron chi connectivity index (χ2n) is 3.87. The van der Waals surface area contributed by atoms with E-state index < -0.39 is 0 Å². The molecular weight excluding hydrogens is 192 g/mol. The van der Waals surface area contributed by atoms with E-state index in [1.807, 2.05) is 12.4 Å². The Morgan fingerprint density at radius 1 is 1.64 bits per heavy atom. The van der Waals surface area contributed by atoms with E-state index in [4.69, 9.17) is 5.73 Å². The van der Waals surface area contributed by atoms with Gasteiger partial charge in [0, 0.05) is 10.9 Å². The molecule has 0 bridgehead atoms. The van der Waals surface area contributed by atoms with E-state index in [1.165, 1.54) is 29.7 Å². The number of thiazole rings is 1. The molecule has 0 fully saturated rings. The summed E-state index contributed by atoms with van der Waals surface area (Å²) in [5.41, 5.74) is 10.7. The third kappa shape index (κ3) is 2.04. The lowest BCUT2D eigenvalue weighted by Crippen LogP contribution is -2.10. The second kappa shape index (κ2) is 4.24. The number of aryl methyl sites for hydroxylation is 1. The first kappa shape index (κ1) is 9.87. The molecule has 0 radical (unpaired) electrons. The van der Waals surface area contributed by atoms with Crippen LogP contribution in [0.4, 0.5) is 0 Å². The Balaban J connectivity index is 2.02. The molecule has 2 rings (SSSR count). The Labute approximate surface area is 88.9 Å². The van der Waals surface area contributed by atoms with Crippen LogP contribution in [0.1, 0.15) is 42.3 Å². The van der Waals surface area contributed by atoms with Crippen LogP contribution in [0.25, 0.3) is 0 Å². The van der Waals surface area contributed by atoms with E-state index in [0.717, 1.165) is 12.1 Å². The van der Waals surface area contributed by atoms with Crippen LogP contribution in [0.5, 0.6) is 0 Å². The minimum absolute atomic E-state index is 0.159. The van der Waals surface area contributed by atoms with Crippen LogP contribution in [0.3, 0.4) is 0 Å². The summed E-state index contributed by atoms with van der Waals surface area (Å²) in [6.07, 6.45) is 7.15. The number of nitrogens with zero attached hydrogens (tertiary/aromatic N) is 1. The van der Waals surface area contributed by atoms with E-state index in [1.54, 1.807) is 11.3 Å². The van der Waals surface area contributed by atoms with Gasteiger partial charge in [-0.2, -0.15) is 0 Å². The van der Waals surface area contributed by atoms with E-state index in [2.05, 4.69) is 11.1 Å². The predicted molar refractivity (Wildman–Crippen MR) is 60.3 cm³/mol. The quantitative estimate of drug-likeness (QED) is 0.776. The molecule has 0 aliphatic heterocycles. The molecule has 1 atom stereocenters. The molecule has 1 heterocycles. The molecule has 0 spiro atoms. The van der Waals surface area contributed by atoms with Crippen molar-refractivity contribution in [2.24, 2.45) is 5.73 Å². The van der Waals surface area contributed by atoms with Gasteiger partial charge in [0.1, 0.15) is 0 Å². The van der Waals surface area contributed by atoms with Gasteiger partial charge in [0.05, 0.1) is 11.2 Å². The average Bonchev–Trinajstić information content (AvgIpc) is 2.75. The van der Waals surface area contributed by atoms with Crippen molar-refractivity contribution in [3.8, 4) is 0 Å². The number of hydrogen-bond acceptors (Lipinski definition) is 3. The zero-order chi connectivity index (χ0) is 9.97. The van der Waals surface area contributed by atoms with Gasteiger partial charge in [-0.1, -0.05) is 11.6 Å². The molecule has 1 aromatic heterocycles. The van der Waals surface area contributed by atoms with Crippen molar-refractivity contribution in [2.75, 3.05) is 0 Å². The smallest absolute Gasteiger partial charge is 0.0798 e. The molecule has 76 valence electrons. The summed E-state index contributed by atoms with van der Waals surface area (Å²) in [4.78, 5) is 5.48. The number of aromatic nitrogens is 1. The first-order valence-electron chi connectivity index (χ1n) is 5.11. The van der Waals surface area contributed by atoms with Gasteiger partial charge in [-0.05, 0) is 32.6 Å². The van der Waals surface area contributed by atoms with Gasteiger partial charge < -0.3 is 5.73 Å². The molecule has 0 amide bonds. The van der Waals surface area contributed by atoms with Gasteiger partial charge in [-0.25, -0.2) is 4.98 Å². The van der Waals surface area contributed by atoms with Crippen molar-refractivity contribution >= 4 is 11.3 Å². The van der Waals surface area contributed by atoms with Crippen molar-refractivity contribution in [1.82, 2.24) is 4.98 Å². The second-order valence-corrected chi connectivity index (χ2v) is 4.75. The summed E-state index contributed by atoms with van der Waals surface area (Å²) in [6, 6.07) is 0.159. The van der Waals surface area contributed by atoms with Gasteiger partial charge in [0.15, 0.2) is 0 Å². The Morgan fingerprint density at radius 3 is 3.07 bits per heavy atom. The standard InChI is InChI=1S/C11H16N2S/c1-8-11(14-7-13-8)10(12)6-9-4-2-3-5-9/h4,7,10H,2-3,5-6,12H2,1H3. The Morgan fingerprint density at radius 2 is 2.50 bits per heavy atom. The highest BCUT2D eigenvalue weighted by Gasteiger charge is 2.14. The minimum atomic E-state index is 0.159. The van der Waals surface area contributed by atoms with E-state index in [9.17, 15) is 0 Å². The monoisotopic (exact) mass is 208 g/mol. The summed E-state index contributed by atoms with van der Waals surface area (Å²) in [7, 11) is 0. The van der Waals surface area contributed by atoms with Gasteiger partial charge in [0.2, 0.25) is 0 Å². The van der Waals surface area contributed by atoms with Crippen LogP contribution >= 0.6 is 11.3 Å². The molecule has 0 saturated carbocycles. The van der Waals surface area contributed by atoms with E-state index in [0.29, 0.717) is 0 Å². The summed E-state index contributed by atoms with van der Waals surface area (Å²) < 4.78 is 0. The molecule has 1 aliphatic rings. The molecular formula is C11H16N2S.